The summed E-state index contributed by atoms with van der Waals surface area (Å²) < 4.78 is 5.23. The molecule has 1 aromatic carbocycles. The van der Waals surface area contributed by atoms with Crippen molar-refractivity contribution in [3.63, 3.8) is 0 Å². The molecule has 1 aliphatic heterocycles. The summed E-state index contributed by atoms with van der Waals surface area (Å²) in [5.74, 6) is 1.47. The van der Waals surface area contributed by atoms with E-state index in [4.69, 9.17) is 4.74 Å². The standard InChI is InChI=1S/C16H21NO3/c1-20-13-6-2-4-11(8-13)14-9-15(14)16(19)17-7-3-5-12(17)10-18/h2,4,6,8,12,14-15,18H,3,5,7,9-10H2,1H3/t12-,14?,15?/m1/s1. The summed E-state index contributed by atoms with van der Waals surface area (Å²) in [5.41, 5.74) is 1.18. The summed E-state index contributed by atoms with van der Waals surface area (Å²) in [5, 5.41) is 9.33. The molecule has 2 fully saturated rings. The second-order valence-electron chi connectivity index (χ2n) is 5.74. The third kappa shape index (κ3) is 2.40. The fraction of sp³-hybridized carbons (Fsp3) is 0.562. The van der Waals surface area contributed by atoms with Crippen molar-refractivity contribution in [2.75, 3.05) is 20.3 Å². The number of amides is 1. The van der Waals surface area contributed by atoms with Crippen molar-refractivity contribution >= 4 is 5.91 Å². The molecule has 1 saturated heterocycles. The molecule has 0 spiro atoms. The Kier molecular flexibility index (Phi) is 3.66. The van der Waals surface area contributed by atoms with Gasteiger partial charge in [0.05, 0.1) is 19.8 Å². The first-order valence-corrected chi connectivity index (χ1v) is 7.30. The number of carbonyl (C=O) groups excluding carboxylic acids is 1. The zero-order valence-electron chi connectivity index (χ0n) is 11.8. The van der Waals surface area contributed by atoms with Crippen LogP contribution in [-0.4, -0.2) is 42.2 Å². The van der Waals surface area contributed by atoms with Crippen molar-refractivity contribution in [3.05, 3.63) is 29.8 Å². The van der Waals surface area contributed by atoms with Crippen LogP contribution in [0.2, 0.25) is 0 Å². The van der Waals surface area contributed by atoms with Gasteiger partial charge in [-0.1, -0.05) is 12.1 Å². The summed E-state index contributed by atoms with van der Waals surface area (Å²) in [6.07, 6.45) is 2.85. The summed E-state index contributed by atoms with van der Waals surface area (Å²) in [6, 6.07) is 8.01. The smallest absolute Gasteiger partial charge is 0.226 e. The van der Waals surface area contributed by atoms with Gasteiger partial charge in [-0.05, 0) is 42.9 Å². The highest BCUT2D eigenvalue weighted by atomic mass is 16.5. The zero-order chi connectivity index (χ0) is 14.1. The van der Waals surface area contributed by atoms with E-state index < -0.39 is 0 Å². The summed E-state index contributed by atoms with van der Waals surface area (Å²) >= 11 is 0. The van der Waals surface area contributed by atoms with Gasteiger partial charge in [0.2, 0.25) is 5.91 Å². The molecule has 1 aliphatic carbocycles. The Balaban J connectivity index is 1.67. The van der Waals surface area contributed by atoms with E-state index in [9.17, 15) is 9.90 Å². The number of benzene rings is 1. The number of methoxy groups -OCH3 is 1. The normalized spacial score (nSPS) is 28.5. The Morgan fingerprint density at radius 1 is 1.50 bits per heavy atom. The molecule has 3 rings (SSSR count). The SMILES string of the molecule is COc1cccc(C2CC2C(=O)N2CCC[C@@H]2CO)c1. The van der Waals surface area contributed by atoms with Crippen LogP contribution in [0, 0.1) is 5.92 Å². The lowest BCUT2D eigenvalue weighted by Gasteiger charge is -2.23. The predicted octanol–water partition coefficient (Wildman–Crippen LogP) is 1.78. The van der Waals surface area contributed by atoms with E-state index in [1.165, 1.54) is 5.56 Å². The van der Waals surface area contributed by atoms with Crippen molar-refractivity contribution in [1.82, 2.24) is 4.90 Å². The lowest BCUT2D eigenvalue weighted by molar-refractivity contribution is -0.134. The highest BCUT2D eigenvalue weighted by molar-refractivity contribution is 5.83. The first-order valence-electron chi connectivity index (χ1n) is 7.30. The van der Waals surface area contributed by atoms with Gasteiger partial charge in [-0.25, -0.2) is 0 Å². The van der Waals surface area contributed by atoms with Crippen LogP contribution in [0.4, 0.5) is 0 Å². The molecule has 2 aliphatic rings. The number of carbonyl (C=O) groups is 1. The third-order valence-corrected chi connectivity index (χ3v) is 4.50. The van der Waals surface area contributed by atoms with Crippen molar-refractivity contribution < 1.29 is 14.6 Å². The highest BCUT2D eigenvalue weighted by Crippen LogP contribution is 2.49. The van der Waals surface area contributed by atoms with Gasteiger partial charge in [-0.2, -0.15) is 0 Å². The topological polar surface area (TPSA) is 49.8 Å². The van der Waals surface area contributed by atoms with E-state index in [0.717, 1.165) is 31.6 Å². The minimum Gasteiger partial charge on any atom is -0.497 e. The monoisotopic (exact) mass is 275 g/mol. The highest BCUT2D eigenvalue weighted by Gasteiger charge is 2.47. The predicted molar refractivity (Wildman–Crippen MR) is 75.7 cm³/mol. The fourth-order valence-electron chi connectivity index (χ4n) is 3.24. The number of hydrogen-bond acceptors (Lipinski definition) is 3. The first kappa shape index (κ1) is 13.4. The molecule has 20 heavy (non-hydrogen) atoms. The van der Waals surface area contributed by atoms with E-state index in [1.54, 1.807) is 7.11 Å². The Hall–Kier alpha value is -1.55. The van der Waals surface area contributed by atoms with Gasteiger partial charge in [0.15, 0.2) is 0 Å². The van der Waals surface area contributed by atoms with Crippen LogP contribution in [-0.2, 0) is 4.79 Å². The molecule has 4 nitrogen and oxygen atoms in total. The van der Waals surface area contributed by atoms with Gasteiger partial charge in [0.25, 0.3) is 0 Å². The molecule has 2 unspecified atom stereocenters. The second-order valence-corrected chi connectivity index (χ2v) is 5.74. The van der Waals surface area contributed by atoms with E-state index in [-0.39, 0.29) is 24.5 Å². The maximum Gasteiger partial charge on any atom is 0.226 e. The van der Waals surface area contributed by atoms with Crippen LogP contribution < -0.4 is 4.74 Å². The molecule has 1 saturated carbocycles. The second kappa shape index (κ2) is 5.44. The largest absolute Gasteiger partial charge is 0.497 e. The van der Waals surface area contributed by atoms with Gasteiger partial charge in [-0.3, -0.25) is 4.79 Å². The average molecular weight is 275 g/mol. The minimum atomic E-state index is 0.0362. The Bertz CT molecular complexity index is 502. The number of nitrogens with zero attached hydrogens (tertiary/aromatic N) is 1. The third-order valence-electron chi connectivity index (χ3n) is 4.50. The molecular formula is C16H21NO3. The molecule has 1 amide bonds. The van der Waals surface area contributed by atoms with Crippen LogP contribution in [0.3, 0.4) is 0 Å². The number of rotatable bonds is 4. The molecule has 1 aromatic rings. The first-order chi connectivity index (χ1) is 9.74. The van der Waals surface area contributed by atoms with Crippen molar-refractivity contribution in [3.8, 4) is 5.75 Å². The summed E-state index contributed by atoms with van der Waals surface area (Å²) in [6.45, 7) is 0.883. The van der Waals surface area contributed by atoms with E-state index in [1.807, 2.05) is 23.1 Å². The van der Waals surface area contributed by atoms with Crippen LogP contribution >= 0.6 is 0 Å². The Morgan fingerprint density at radius 3 is 3.10 bits per heavy atom. The molecule has 0 bridgehead atoms. The molecule has 0 radical (unpaired) electrons. The summed E-state index contributed by atoms with van der Waals surface area (Å²) in [4.78, 5) is 14.4. The molecule has 4 heteroatoms. The van der Waals surface area contributed by atoms with Gasteiger partial charge >= 0.3 is 0 Å². The van der Waals surface area contributed by atoms with Gasteiger partial charge in [0, 0.05) is 12.5 Å². The summed E-state index contributed by atoms with van der Waals surface area (Å²) in [7, 11) is 1.66. The number of aliphatic hydroxyl groups excluding tert-OH is 1. The Labute approximate surface area is 119 Å². The van der Waals surface area contributed by atoms with E-state index in [2.05, 4.69) is 6.07 Å². The fourth-order valence-corrected chi connectivity index (χ4v) is 3.24. The molecule has 0 aromatic heterocycles. The number of aliphatic hydroxyl groups is 1. The lowest BCUT2D eigenvalue weighted by Crippen LogP contribution is -2.38. The molecule has 3 atom stereocenters. The average Bonchev–Trinajstić information content (AvgIpc) is 3.15. The van der Waals surface area contributed by atoms with Crippen molar-refractivity contribution in [1.29, 1.82) is 0 Å². The van der Waals surface area contributed by atoms with E-state index >= 15 is 0 Å². The van der Waals surface area contributed by atoms with Crippen molar-refractivity contribution in [2.45, 2.75) is 31.2 Å². The molecular weight excluding hydrogens is 254 g/mol. The van der Waals surface area contributed by atoms with Gasteiger partial charge in [0.1, 0.15) is 5.75 Å². The molecule has 1 N–H and O–H groups in total. The number of likely N-dealkylation sites (tertiary alicyclic amines) is 1. The maximum absolute atomic E-state index is 12.5. The Morgan fingerprint density at radius 2 is 2.35 bits per heavy atom. The van der Waals surface area contributed by atoms with Crippen molar-refractivity contribution in [2.24, 2.45) is 5.92 Å². The van der Waals surface area contributed by atoms with Gasteiger partial charge < -0.3 is 14.7 Å². The van der Waals surface area contributed by atoms with Gasteiger partial charge in [-0.15, -0.1) is 0 Å². The van der Waals surface area contributed by atoms with E-state index in [0.29, 0.717) is 5.92 Å². The number of hydrogen-bond donors (Lipinski definition) is 1. The molecule has 1 heterocycles. The van der Waals surface area contributed by atoms with Crippen LogP contribution in [0.1, 0.15) is 30.7 Å². The zero-order valence-corrected chi connectivity index (χ0v) is 11.8. The van der Waals surface area contributed by atoms with Crippen LogP contribution in [0.15, 0.2) is 24.3 Å². The lowest BCUT2D eigenvalue weighted by atomic mass is 10.1. The minimum absolute atomic E-state index is 0.0362. The number of ether oxygens (including phenoxy) is 1. The van der Waals surface area contributed by atoms with Crippen LogP contribution in [0.25, 0.3) is 0 Å². The van der Waals surface area contributed by atoms with Crippen LogP contribution in [0.5, 0.6) is 5.75 Å². The maximum atomic E-state index is 12.5. The quantitative estimate of drug-likeness (QED) is 0.911. The molecule has 108 valence electrons.